The lowest BCUT2D eigenvalue weighted by atomic mass is 9.97. The number of rotatable bonds is 4. The van der Waals surface area contributed by atoms with Gasteiger partial charge >= 0.3 is 5.97 Å². The Labute approximate surface area is 92.5 Å². The molecule has 1 atom stereocenters. The molecule has 86 valence electrons. The van der Waals surface area contributed by atoms with Crippen molar-refractivity contribution in [3.63, 3.8) is 0 Å². The van der Waals surface area contributed by atoms with Crippen LogP contribution in [0.15, 0.2) is 18.2 Å². The molecule has 0 aromatic heterocycles. The Kier molecular flexibility index (Phi) is 3.63. The first-order valence-electron chi connectivity index (χ1n) is 4.71. The lowest BCUT2D eigenvalue weighted by molar-refractivity contribution is -0.147. The molecule has 0 fully saturated rings. The number of anilines is 1. The van der Waals surface area contributed by atoms with Crippen molar-refractivity contribution in [3.05, 3.63) is 29.3 Å². The number of aliphatic carboxylic acids is 1. The summed E-state index contributed by atoms with van der Waals surface area (Å²) in [5.41, 5.74) is 6.51. The summed E-state index contributed by atoms with van der Waals surface area (Å²) in [7, 11) is 0. The Hall–Kier alpha value is -1.88. The van der Waals surface area contributed by atoms with Crippen LogP contribution in [0.1, 0.15) is 24.2 Å². The third kappa shape index (κ3) is 2.58. The molecule has 1 unspecified atom stereocenters. The second-order valence-corrected chi connectivity index (χ2v) is 3.53. The molecule has 0 amide bonds. The normalized spacial score (nSPS) is 12.1. The molecule has 1 aromatic rings. The molecule has 0 radical (unpaired) electrons. The Bertz CT molecular complexity index is 428. The van der Waals surface area contributed by atoms with E-state index >= 15 is 0 Å². The zero-order valence-electron chi connectivity index (χ0n) is 8.80. The highest BCUT2D eigenvalue weighted by Gasteiger charge is 2.21. The van der Waals surface area contributed by atoms with Crippen molar-refractivity contribution in [2.45, 2.75) is 19.4 Å². The minimum Gasteiger partial charge on any atom is -0.479 e. The molecule has 0 aliphatic heterocycles. The lowest BCUT2D eigenvalue weighted by Gasteiger charge is -2.13. The van der Waals surface area contributed by atoms with E-state index in [-0.39, 0.29) is 17.8 Å². The predicted molar refractivity (Wildman–Crippen MR) is 57.8 cm³/mol. The molecule has 5 nitrogen and oxygen atoms in total. The Morgan fingerprint density at radius 2 is 2.06 bits per heavy atom. The van der Waals surface area contributed by atoms with Gasteiger partial charge in [0.15, 0.2) is 6.10 Å². The lowest BCUT2D eigenvalue weighted by Crippen LogP contribution is -2.15. The van der Waals surface area contributed by atoms with Gasteiger partial charge in [0.25, 0.3) is 0 Å². The maximum Gasteiger partial charge on any atom is 0.337 e. The second-order valence-electron chi connectivity index (χ2n) is 3.53. The highest BCUT2D eigenvalue weighted by Crippen LogP contribution is 2.24. The van der Waals surface area contributed by atoms with Crippen LogP contribution >= 0.6 is 0 Å². The quantitative estimate of drug-likeness (QED) is 0.646. The molecule has 16 heavy (non-hydrogen) atoms. The van der Waals surface area contributed by atoms with Crippen LogP contribution in [-0.2, 0) is 16.0 Å². The third-order valence-corrected chi connectivity index (χ3v) is 2.20. The van der Waals surface area contributed by atoms with Crippen LogP contribution in [0, 0.1) is 0 Å². The van der Waals surface area contributed by atoms with Gasteiger partial charge in [-0.1, -0.05) is 12.1 Å². The average Bonchev–Trinajstić information content (AvgIpc) is 2.19. The number of Topliss-reactive ketones (excluding diaryl/α,β-unsaturated/α-hetero) is 1. The number of hydrogen-bond acceptors (Lipinski definition) is 4. The number of aliphatic hydroxyl groups excluding tert-OH is 1. The predicted octanol–water partition coefficient (Wildman–Crippen LogP) is 0.518. The van der Waals surface area contributed by atoms with Gasteiger partial charge in [-0.15, -0.1) is 0 Å². The van der Waals surface area contributed by atoms with Crippen LogP contribution < -0.4 is 5.73 Å². The van der Waals surface area contributed by atoms with E-state index in [1.54, 1.807) is 12.1 Å². The summed E-state index contributed by atoms with van der Waals surface area (Å²) in [6, 6.07) is 4.56. The summed E-state index contributed by atoms with van der Waals surface area (Å²) < 4.78 is 0. The van der Waals surface area contributed by atoms with Crippen molar-refractivity contribution in [2.75, 3.05) is 5.73 Å². The van der Waals surface area contributed by atoms with Gasteiger partial charge in [-0.3, -0.25) is 4.79 Å². The summed E-state index contributed by atoms with van der Waals surface area (Å²) in [5, 5.41) is 18.2. The Morgan fingerprint density at radius 3 is 2.56 bits per heavy atom. The zero-order valence-corrected chi connectivity index (χ0v) is 8.80. The smallest absolute Gasteiger partial charge is 0.337 e. The first-order chi connectivity index (χ1) is 7.43. The monoisotopic (exact) mass is 223 g/mol. The second kappa shape index (κ2) is 4.76. The molecule has 0 saturated heterocycles. The third-order valence-electron chi connectivity index (χ3n) is 2.20. The first-order valence-corrected chi connectivity index (χ1v) is 4.71. The van der Waals surface area contributed by atoms with Crippen molar-refractivity contribution < 1.29 is 19.8 Å². The van der Waals surface area contributed by atoms with Crippen LogP contribution in [0.5, 0.6) is 0 Å². The number of hydrogen-bond donors (Lipinski definition) is 3. The van der Waals surface area contributed by atoms with E-state index in [0.29, 0.717) is 11.3 Å². The fourth-order valence-corrected chi connectivity index (χ4v) is 1.47. The van der Waals surface area contributed by atoms with Crippen LogP contribution in [0.4, 0.5) is 5.69 Å². The van der Waals surface area contributed by atoms with Gasteiger partial charge in [0.05, 0.1) is 0 Å². The number of ketones is 1. The molecule has 0 aliphatic carbocycles. The fourth-order valence-electron chi connectivity index (χ4n) is 1.47. The van der Waals surface area contributed by atoms with E-state index in [2.05, 4.69) is 0 Å². The first kappa shape index (κ1) is 12.2. The van der Waals surface area contributed by atoms with Gasteiger partial charge in [0, 0.05) is 12.1 Å². The minimum absolute atomic E-state index is 0.0202. The molecule has 0 aliphatic rings. The minimum atomic E-state index is -1.65. The van der Waals surface area contributed by atoms with E-state index in [4.69, 9.17) is 10.8 Å². The maximum atomic E-state index is 11.0. The summed E-state index contributed by atoms with van der Waals surface area (Å²) in [5.74, 6) is -1.51. The largest absolute Gasteiger partial charge is 0.479 e. The molecule has 5 heteroatoms. The summed E-state index contributed by atoms with van der Waals surface area (Å²) in [4.78, 5) is 21.7. The molecule has 0 bridgehead atoms. The molecule has 0 heterocycles. The number of benzene rings is 1. The van der Waals surface area contributed by atoms with E-state index in [9.17, 15) is 14.7 Å². The molecule has 1 aromatic carbocycles. The van der Waals surface area contributed by atoms with Crippen LogP contribution in [0.2, 0.25) is 0 Å². The highest BCUT2D eigenvalue weighted by molar-refractivity contribution is 5.82. The van der Waals surface area contributed by atoms with Gasteiger partial charge in [-0.25, -0.2) is 4.79 Å². The maximum absolute atomic E-state index is 11.0. The zero-order chi connectivity index (χ0) is 12.3. The van der Waals surface area contributed by atoms with E-state index in [1.807, 2.05) is 0 Å². The van der Waals surface area contributed by atoms with E-state index in [1.165, 1.54) is 13.0 Å². The topological polar surface area (TPSA) is 101 Å². The van der Waals surface area contributed by atoms with Crippen LogP contribution in [0.25, 0.3) is 0 Å². The van der Waals surface area contributed by atoms with Gasteiger partial charge < -0.3 is 15.9 Å². The number of carbonyl (C=O) groups is 2. The van der Waals surface area contributed by atoms with Crippen molar-refractivity contribution in [1.29, 1.82) is 0 Å². The molecule has 0 saturated carbocycles. The van der Waals surface area contributed by atoms with Crippen molar-refractivity contribution in [1.82, 2.24) is 0 Å². The summed E-state index contributed by atoms with van der Waals surface area (Å²) in [6.07, 6.45) is -1.63. The molecular weight excluding hydrogens is 210 g/mol. The van der Waals surface area contributed by atoms with Crippen molar-refractivity contribution in [2.24, 2.45) is 0 Å². The number of nitrogens with two attached hydrogens (primary N) is 1. The van der Waals surface area contributed by atoms with Gasteiger partial charge in [-0.2, -0.15) is 0 Å². The number of carboxylic acid groups (broad SMARTS) is 1. The number of aliphatic hydroxyl groups is 1. The molecular formula is C11H13NO4. The van der Waals surface area contributed by atoms with Gasteiger partial charge in [0.2, 0.25) is 0 Å². The van der Waals surface area contributed by atoms with E-state index < -0.39 is 12.1 Å². The van der Waals surface area contributed by atoms with Crippen LogP contribution in [0.3, 0.4) is 0 Å². The van der Waals surface area contributed by atoms with Crippen LogP contribution in [-0.4, -0.2) is 22.0 Å². The van der Waals surface area contributed by atoms with E-state index in [0.717, 1.165) is 0 Å². The Balaban J connectivity index is 3.22. The average molecular weight is 223 g/mol. The summed E-state index contributed by atoms with van der Waals surface area (Å²) >= 11 is 0. The number of nitrogen functional groups attached to an aromatic ring is 1. The van der Waals surface area contributed by atoms with Gasteiger partial charge in [-0.05, 0) is 24.1 Å². The number of carboxylic acids is 1. The van der Waals surface area contributed by atoms with Gasteiger partial charge in [0.1, 0.15) is 5.78 Å². The van der Waals surface area contributed by atoms with Crippen molar-refractivity contribution in [3.8, 4) is 0 Å². The molecule has 0 spiro atoms. The standard InChI is InChI=1S/C11H13NO4/c1-6(13)5-8-7(10(14)11(15)16)3-2-4-9(8)12/h2-4,10,14H,5,12H2,1H3,(H,15,16). The molecule has 4 N–H and O–H groups in total. The Morgan fingerprint density at radius 1 is 1.44 bits per heavy atom. The molecule has 1 rings (SSSR count). The summed E-state index contributed by atoms with van der Waals surface area (Å²) in [6.45, 7) is 1.38. The number of carbonyl (C=O) groups excluding carboxylic acids is 1. The fraction of sp³-hybridized carbons (Fsp3) is 0.273. The highest BCUT2D eigenvalue weighted by atomic mass is 16.4. The SMILES string of the molecule is CC(=O)Cc1c(N)cccc1C(O)C(=O)O. The van der Waals surface area contributed by atoms with Crippen molar-refractivity contribution >= 4 is 17.4 Å².